The Morgan fingerprint density at radius 2 is 1.33 bits per heavy atom. The molecule has 1 fully saturated rings. The first-order valence-electron chi connectivity index (χ1n) is 10.0. The summed E-state index contributed by atoms with van der Waals surface area (Å²) in [4.78, 5) is 0. The zero-order valence-electron chi connectivity index (χ0n) is 16.9. The maximum absolute atomic E-state index is 11.3. The molecule has 1 heterocycles. The van der Waals surface area contributed by atoms with Crippen LogP contribution in [0.2, 0.25) is 0 Å². The summed E-state index contributed by atoms with van der Waals surface area (Å²) in [7, 11) is -4.73. The van der Waals surface area contributed by atoms with Crippen molar-refractivity contribution in [2.24, 2.45) is 0 Å². The van der Waals surface area contributed by atoms with Gasteiger partial charge >= 0.3 is 10.4 Å². The van der Waals surface area contributed by atoms with Gasteiger partial charge in [0.1, 0.15) is 30.2 Å². The number of benzene rings is 4. The van der Waals surface area contributed by atoms with E-state index in [0.29, 0.717) is 27.3 Å². The van der Waals surface area contributed by atoms with Crippen molar-refractivity contribution >= 4 is 42.7 Å². The summed E-state index contributed by atoms with van der Waals surface area (Å²) in [5.41, 5.74) is 0. The third-order valence-corrected chi connectivity index (χ3v) is 6.26. The van der Waals surface area contributed by atoms with E-state index in [9.17, 15) is 28.8 Å². The SMILES string of the molecule is O=S(=O)(O)Oc1ccc2ccc3c(O[C@@H]4O[C@H](CO)[C@@H](O)[C@H](O)[C@H]4O)ccc4ccc1c2c43. The van der Waals surface area contributed by atoms with E-state index in [2.05, 4.69) is 0 Å². The Morgan fingerprint density at radius 3 is 1.91 bits per heavy atom. The van der Waals surface area contributed by atoms with Crippen molar-refractivity contribution in [3.63, 3.8) is 0 Å². The van der Waals surface area contributed by atoms with Crippen LogP contribution in [0.1, 0.15) is 0 Å². The molecular weight excluding hydrogens is 456 g/mol. The fraction of sp³-hybridized carbons (Fsp3) is 0.273. The molecule has 1 aliphatic heterocycles. The average molecular weight is 476 g/mol. The van der Waals surface area contributed by atoms with Crippen molar-refractivity contribution in [1.29, 1.82) is 0 Å². The third-order valence-electron chi connectivity index (χ3n) is 5.87. The maximum atomic E-state index is 11.3. The van der Waals surface area contributed by atoms with E-state index in [1.807, 2.05) is 0 Å². The van der Waals surface area contributed by atoms with Crippen LogP contribution in [0.4, 0.5) is 0 Å². The summed E-state index contributed by atoms with van der Waals surface area (Å²) >= 11 is 0. The minimum Gasteiger partial charge on any atom is -0.461 e. The van der Waals surface area contributed by atoms with E-state index in [-0.39, 0.29) is 5.75 Å². The Balaban J connectivity index is 1.64. The number of rotatable bonds is 5. The van der Waals surface area contributed by atoms with Gasteiger partial charge in [0, 0.05) is 21.5 Å². The summed E-state index contributed by atoms with van der Waals surface area (Å²) in [6.45, 7) is -0.584. The second kappa shape index (κ2) is 7.92. The summed E-state index contributed by atoms with van der Waals surface area (Å²) in [5.74, 6) is 0.252. The van der Waals surface area contributed by atoms with Crippen molar-refractivity contribution in [2.45, 2.75) is 30.7 Å². The molecule has 5 rings (SSSR count). The number of ether oxygens (including phenoxy) is 2. The molecule has 11 heteroatoms. The van der Waals surface area contributed by atoms with Crippen LogP contribution in [0.15, 0.2) is 48.5 Å². The molecule has 33 heavy (non-hydrogen) atoms. The van der Waals surface area contributed by atoms with Gasteiger partial charge in [-0.3, -0.25) is 4.55 Å². The Bertz CT molecular complexity index is 1430. The molecule has 0 bridgehead atoms. The van der Waals surface area contributed by atoms with Gasteiger partial charge in [0.2, 0.25) is 6.29 Å². The van der Waals surface area contributed by atoms with Crippen LogP contribution in [-0.4, -0.2) is 70.7 Å². The molecule has 0 aliphatic carbocycles. The monoisotopic (exact) mass is 476 g/mol. The molecule has 0 unspecified atom stereocenters. The van der Waals surface area contributed by atoms with Crippen LogP contribution >= 0.6 is 0 Å². The molecule has 4 aromatic carbocycles. The van der Waals surface area contributed by atoms with E-state index in [1.165, 1.54) is 6.07 Å². The Labute approximate surface area is 187 Å². The van der Waals surface area contributed by atoms with Crippen molar-refractivity contribution in [2.75, 3.05) is 6.61 Å². The van der Waals surface area contributed by atoms with E-state index in [1.54, 1.807) is 42.5 Å². The van der Waals surface area contributed by atoms with Gasteiger partial charge in [-0.05, 0) is 35.0 Å². The lowest BCUT2D eigenvalue weighted by atomic mass is 9.93. The van der Waals surface area contributed by atoms with Crippen LogP contribution in [0, 0.1) is 0 Å². The van der Waals surface area contributed by atoms with E-state index in [0.717, 1.165) is 10.8 Å². The minimum absolute atomic E-state index is 0.0420. The lowest BCUT2D eigenvalue weighted by Crippen LogP contribution is -2.60. The fourth-order valence-corrected chi connectivity index (χ4v) is 4.70. The molecule has 0 amide bonds. The molecule has 0 radical (unpaired) electrons. The van der Waals surface area contributed by atoms with Crippen molar-refractivity contribution in [3.05, 3.63) is 48.5 Å². The second-order valence-corrected chi connectivity index (χ2v) is 8.90. The topological polar surface area (TPSA) is 163 Å². The zero-order valence-corrected chi connectivity index (χ0v) is 17.7. The standard InChI is InChI=1S/C22H20O10S/c23-9-16-19(24)20(25)21(26)22(31-16)30-14-7-3-10-2-6-13-15(32-33(27,28)29)8-4-11-1-5-12(14)17(10)18(11)13/h1-8,16,19-26H,9H2,(H,27,28,29)/t16-,19-,20+,21-,22-/m1/s1. The van der Waals surface area contributed by atoms with Crippen LogP contribution < -0.4 is 8.92 Å². The minimum atomic E-state index is -4.73. The molecule has 0 spiro atoms. The first kappa shape index (κ1) is 22.0. The molecule has 1 aliphatic rings. The molecular formula is C22H20O10S. The zero-order chi connectivity index (χ0) is 23.5. The summed E-state index contributed by atoms with van der Waals surface area (Å²) < 4.78 is 47.8. The molecule has 1 saturated heterocycles. The van der Waals surface area contributed by atoms with Crippen LogP contribution in [0.5, 0.6) is 11.5 Å². The predicted molar refractivity (Wildman–Crippen MR) is 117 cm³/mol. The van der Waals surface area contributed by atoms with Gasteiger partial charge in [-0.15, -0.1) is 0 Å². The quantitative estimate of drug-likeness (QED) is 0.207. The first-order chi connectivity index (χ1) is 15.7. The molecule has 0 aromatic heterocycles. The van der Waals surface area contributed by atoms with Gasteiger partial charge in [0.05, 0.1) is 6.61 Å². The summed E-state index contributed by atoms with van der Waals surface area (Å²) in [6, 6.07) is 13.5. The molecule has 5 N–H and O–H groups in total. The van der Waals surface area contributed by atoms with E-state index >= 15 is 0 Å². The molecule has 174 valence electrons. The van der Waals surface area contributed by atoms with Crippen molar-refractivity contribution < 1.29 is 47.1 Å². The van der Waals surface area contributed by atoms with Gasteiger partial charge in [0.25, 0.3) is 0 Å². The van der Waals surface area contributed by atoms with Crippen molar-refractivity contribution in [1.82, 2.24) is 0 Å². The number of aliphatic hydroxyl groups excluding tert-OH is 4. The van der Waals surface area contributed by atoms with Gasteiger partial charge < -0.3 is 34.1 Å². The average Bonchev–Trinajstić information content (AvgIpc) is 2.78. The van der Waals surface area contributed by atoms with E-state index < -0.39 is 47.7 Å². The van der Waals surface area contributed by atoms with Crippen LogP contribution in [-0.2, 0) is 15.1 Å². The van der Waals surface area contributed by atoms with Crippen LogP contribution in [0.25, 0.3) is 32.3 Å². The third kappa shape index (κ3) is 3.73. The number of hydrogen-bond acceptors (Lipinski definition) is 9. The van der Waals surface area contributed by atoms with Crippen LogP contribution in [0.3, 0.4) is 0 Å². The smallest absolute Gasteiger partial charge is 0.446 e. The molecule has 10 nitrogen and oxygen atoms in total. The van der Waals surface area contributed by atoms with Gasteiger partial charge in [-0.2, -0.15) is 8.42 Å². The second-order valence-electron chi connectivity index (χ2n) is 7.88. The highest BCUT2D eigenvalue weighted by atomic mass is 32.3. The largest absolute Gasteiger partial charge is 0.461 e. The highest BCUT2D eigenvalue weighted by Crippen LogP contribution is 2.42. The number of aliphatic hydroxyl groups is 4. The first-order valence-corrected chi connectivity index (χ1v) is 11.4. The molecule has 4 aromatic rings. The Morgan fingerprint density at radius 1 is 0.788 bits per heavy atom. The highest BCUT2D eigenvalue weighted by Gasteiger charge is 2.44. The van der Waals surface area contributed by atoms with E-state index in [4.69, 9.17) is 18.2 Å². The lowest BCUT2D eigenvalue weighted by Gasteiger charge is -2.39. The normalized spacial score (nSPS) is 26.3. The van der Waals surface area contributed by atoms with Crippen molar-refractivity contribution in [3.8, 4) is 11.5 Å². The Kier molecular flexibility index (Phi) is 5.29. The fourth-order valence-electron chi connectivity index (χ4n) is 4.33. The Hall–Kier alpha value is -2.77. The van der Waals surface area contributed by atoms with Gasteiger partial charge in [-0.25, -0.2) is 0 Å². The van der Waals surface area contributed by atoms with Gasteiger partial charge in [0.15, 0.2) is 5.75 Å². The number of hydrogen-bond donors (Lipinski definition) is 5. The van der Waals surface area contributed by atoms with Gasteiger partial charge in [-0.1, -0.05) is 24.3 Å². The predicted octanol–water partition coefficient (Wildman–Crippen LogP) is 0.944. The lowest BCUT2D eigenvalue weighted by molar-refractivity contribution is -0.277. The molecule has 5 atom stereocenters. The summed E-state index contributed by atoms with van der Waals surface area (Å²) in [6.07, 6.45) is -7.14. The molecule has 0 saturated carbocycles. The summed E-state index contributed by atoms with van der Waals surface area (Å²) in [5, 5.41) is 43.8. The maximum Gasteiger partial charge on any atom is 0.446 e. The highest BCUT2D eigenvalue weighted by molar-refractivity contribution is 7.81.